The van der Waals surface area contributed by atoms with Crippen LogP contribution in [0.15, 0.2) is 90.1 Å². The Hall–Kier alpha value is -4.31. The highest BCUT2D eigenvalue weighted by molar-refractivity contribution is 7.92. The van der Waals surface area contributed by atoms with Crippen molar-refractivity contribution in [3.8, 4) is 28.4 Å². The Morgan fingerprint density at radius 3 is 2.29 bits per heavy atom. The molecule has 5 rings (SSSR count). The third-order valence-corrected chi connectivity index (χ3v) is 6.48. The molecule has 0 radical (unpaired) electrons. The van der Waals surface area contributed by atoms with Gasteiger partial charge in [-0.05, 0) is 67.6 Å². The van der Waals surface area contributed by atoms with Crippen LogP contribution in [0.2, 0.25) is 0 Å². The molecular weight excluding hydrogens is 452 g/mol. The number of nitrogens with zero attached hydrogens (tertiary/aromatic N) is 5. The van der Waals surface area contributed by atoms with Crippen molar-refractivity contribution in [2.45, 2.75) is 11.8 Å². The van der Waals surface area contributed by atoms with Gasteiger partial charge in [0.1, 0.15) is 5.75 Å². The largest absolute Gasteiger partial charge is 0.494 e. The summed E-state index contributed by atoms with van der Waals surface area (Å²) in [5.41, 5.74) is 3.44. The first-order valence-electron chi connectivity index (χ1n) is 10.5. The van der Waals surface area contributed by atoms with E-state index in [1.54, 1.807) is 53.3 Å². The van der Waals surface area contributed by atoms with E-state index >= 15 is 0 Å². The molecule has 0 spiro atoms. The summed E-state index contributed by atoms with van der Waals surface area (Å²) in [4.78, 5) is 4.19. The zero-order valence-electron chi connectivity index (χ0n) is 18.2. The minimum Gasteiger partial charge on any atom is -0.494 e. The van der Waals surface area contributed by atoms with Crippen LogP contribution in [-0.2, 0) is 10.0 Å². The van der Waals surface area contributed by atoms with Crippen molar-refractivity contribution in [2.24, 2.45) is 0 Å². The molecule has 34 heavy (non-hydrogen) atoms. The summed E-state index contributed by atoms with van der Waals surface area (Å²) in [6.45, 7) is 2.39. The SMILES string of the molecule is CCOc1ccc(S(=O)(=O)Nc2ccc(-c3ccc4nnc(-c5ccncc5)n4n3)cc2)cc1. The molecule has 10 heteroatoms. The van der Waals surface area contributed by atoms with Crippen LogP contribution in [0, 0.1) is 0 Å². The first-order valence-corrected chi connectivity index (χ1v) is 12.0. The van der Waals surface area contributed by atoms with E-state index in [1.165, 1.54) is 12.1 Å². The number of anilines is 1. The van der Waals surface area contributed by atoms with Crippen LogP contribution in [-0.4, -0.2) is 39.8 Å². The number of nitrogens with one attached hydrogen (secondary N) is 1. The molecule has 5 aromatic rings. The third-order valence-electron chi connectivity index (χ3n) is 5.08. The second kappa shape index (κ2) is 8.91. The molecule has 0 unspecified atom stereocenters. The van der Waals surface area contributed by atoms with E-state index in [4.69, 9.17) is 4.74 Å². The summed E-state index contributed by atoms with van der Waals surface area (Å²) < 4.78 is 35.1. The van der Waals surface area contributed by atoms with Gasteiger partial charge in [-0.15, -0.1) is 10.2 Å². The van der Waals surface area contributed by atoms with Crippen molar-refractivity contribution in [3.63, 3.8) is 0 Å². The molecule has 0 aliphatic heterocycles. The zero-order chi connectivity index (χ0) is 23.5. The van der Waals surface area contributed by atoms with E-state index in [0.29, 0.717) is 35.2 Å². The highest BCUT2D eigenvalue weighted by Gasteiger charge is 2.15. The number of fused-ring (bicyclic) bond motifs is 1. The number of aromatic nitrogens is 5. The molecule has 3 aromatic heterocycles. The molecule has 0 fully saturated rings. The number of ether oxygens (including phenoxy) is 1. The fourth-order valence-corrected chi connectivity index (χ4v) is 4.49. The molecule has 0 saturated heterocycles. The predicted octanol–water partition coefficient (Wildman–Crippen LogP) is 4.05. The van der Waals surface area contributed by atoms with E-state index in [1.807, 2.05) is 31.2 Å². The number of rotatable bonds is 7. The summed E-state index contributed by atoms with van der Waals surface area (Å²) in [5, 5.41) is 13.1. The Labute approximate surface area is 196 Å². The number of hydrogen-bond donors (Lipinski definition) is 1. The molecule has 0 aliphatic carbocycles. The van der Waals surface area contributed by atoms with Gasteiger partial charge in [-0.2, -0.15) is 9.61 Å². The molecule has 0 bridgehead atoms. The quantitative estimate of drug-likeness (QED) is 0.380. The minimum atomic E-state index is -3.73. The molecule has 3 heterocycles. The van der Waals surface area contributed by atoms with Gasteiger partial charge >= 0.3 is 0 Å². The number of benzene rings is 2. The smallest absolute Gasteiger partial charge is 0.261 e. The zero-order valence-corrected chi connectivity index (χ0v) is 19.0. The lowest BCUT2D eigenvalue weighted by Crippen LogP contribution is -2.12. The van der Waals surface area contributed by atoms with Gasteiger partial charge in [-0.25, -0.2) is 8.42 Å². The predicted molar refractivity (Wildman–Crippen MR) is 128 cm³/mol. The lowest BCUT2D eigenvalue weighted by Gasteiger charge is -2.10. The van der Waals surface area contributed by atoms with Crippen LogP contribution in [0.5, 0.6) is 5.75 Å². The maximum absolute atomic E-state index is 12.7. The fraction of sp³-hybridized carbons (Fsp3) is 0.0833. The lowest BCUT2D eigenvalue weighted by atomic mass is 10.1. The van der Waals surface area contributed by atoms with E-state index in [-0.39, 0.29) is 4.90 Å². The van der Waals surface area contributed by atoms with Crippen LogP contribution < -0.4 is 9.46 Å². The molecule has 1 N–H and O–H groups in total. The second-order valence-electron chi connectivity index (χ2n) is 7.34. The molecule has 0 atom stereocenters. The monoisotopic (exact) mass is 472 g/mol. The van der Waals surface area contributed by atoms with Gasteiger partial charge in [0.25, 0.3) is 10.0 Å². The maximum atomic E-state index is 12.7. The number of hydrogen-bond acceptors (Lipinski definition) is 7. The van der Waals surface area contributed by atoms with Gasteiger partial charge in [0.2, 0.25) is 0 Å². The first kappa shape index (κ1) is 21.5. The average molecular weight is 473 g/mol. The van der Waals surface area contributed by atoms with Crippen LogP contribution in [0.4, 0.5) is 5.69 Å². The van der Waals surface area contributed by atoms with Gasteiger partial charge in [-0.1, -0.05) is 12.1 Å². The molecule has 0 amide bonds. The van der Waals surface area contributed by atoms with Crippen molar-refractivity contribution in [2.75, 3.05) is 11.3 Å². The van der Waals surface area contributed by atoms with Crippen molar-refractivity contribution in [1.82, 2.24) is 24.8 Å². The molecule has 0 saturated carbocycles. The van der Waals surface area contributed by atoms with Crippen molar-refractivity contribution >= 4 is 21.4 Å². The fourth-order valence-electron chi connectivity index (χ4n) is 3.43. The number of pyridine rings is 1. The minimum absolute atomic E-state index is 0.156. The summed E-state index contributed by atoms with van der Waals surface area (Å²) >= 11 is 0. The topological polar surface area (TPSA) is 111 Å². The first-order chi connectivity index (χ1) is 16.5. The number of sulfonamides is 1. The van der Waals surface area contributed by atoms with Gasteiger partial charge < -0.3 is 4.74 Å². The second-order valence-corrected chi connectivity index (χ2v) is 9.02. The summed E-state index contributed by atoms with van der Waals surface area (Å²) in [5.74, 6) is 1.23. The van der Waals surface area contributed by atoms with Crippen LogP contribution in [0.25, 0.3) is 28.3 Å². The molecule has 0 aliphatic rings. The van der Waals surface area contributed by atoms with Gasteiger partial charge in [0, 0.05) is 29.2 Å². The Balaban J connectivity index is 1.39. The van der Waals surface area contributed by atoms with E-state index in [9.17, 15) is 8.42 Å². The van der Waals surface area contributed by atoms with Crippen molar-refractivity contribution in [3.05, 3.63) is 85.2 Å². The third kappa shape index (κ3) is 4.30. The lowest BCUT2D eigenvalue weighted by molar-refractivity contribution is 0.340. The highest BCUT2D eigenvalue weighted by atomic mass is 32.2. The Morgan fingerprint density at radius 2 is 1.59 bits per heavy atom. The van der Waals surface area contributed by atoms with E-state index in [2.05, 4.69) is 25.0 Å². The van der Waals surface area contributed by atoms with Gasteiger partial charge in [0.15, 0.2) is 11.5 Å². The summed E-state index contributed by atoms with van der Waals surface area (Å²) in [7, 11) is -3.73. The standard InChI is InChI=1S/C24H20N6O3S/c1-2-33-20-7-9-21(10-8-20)34(31,32)29-19-5-3-17(4-6-19)22-11-12-23-26-27-24(30(23)28-22)18-13-15-25-16-14-18/h3-16,29H,2H2,1H3. The Bertz CT molecular complexity index is 1530. The van der Waals surface area contributed by atoms with Crippen LogP contribution >= 0.6 is 0 Å². The van der Waals surface area contributed by atoms with Crippen molar-refractivity contribution in [1.29, 1.82) is 0 Å². The maximum Gasteiger partial charge on any atom is 0.261 e. The van der Waals surface area contributed by atoms with E-state index < -0.39 is 10.0 Å². The average Bonchev–Trinajstić information content (AvgIpc) is 3.29. The molecule has 2 aromatic carbocycles. The van der Waals surface area contributed by atoms with Crippen LogP contribution in [0.1, 0.15) is 6.92 Å². The van der Waals surface area contributed by atoms with Gasteiger partial charge in [0.05, 0.1) is 17.2 Å². The molecule has 9 nitrogen and oxygen atoms in total. The van der Waals surface area contributed by atoms with Crippen LogP contribution in [0.3, 0.4) is 0 Å². The molecule has 170 valence electrons. The summed E-state index contributed by atoms with van der Waals surface area (Å²) in [6.07, 6.45) is 3.38. The molecular formula is C24H20N6O3S. The van der Waals surface area contributed by atoms with Gasteiger partial charge in [-0.3, -0.25) is 9.71 Å². The Morgan fingerprint density at radius 1 is 0.853 bits per heavy atom. The Kier molecular flexibility index (Phi) is 5.64. The van der Waals surface area contributed by atoms with Crippen molar-refractivity contribution < 1.29 is 13.2 Å². The normalized spacial score (nSPS) is 11.4. The summed E-state index contributed by atoms with van der Waals surface area (Å²) in [6, 6.07) is 20.7. The highest BCUT2D eigenvalue weighted by Crippen LogP contribution is 2.24. The van der Waals surface area contributed by atoms with E-state index in [0.717, 1.165) is 11.1 Å².